The zero-order valence-corrected chi connectivity index (χ0v) is 32.6. The number of amides is 5. The molecule has 3 aromatic heterocycles. The van der Waals surface area contributed by atoms with Crippen molar-refractivity contribution in [2.45, 2.75) is 51.6 Å². The Balaban J connectivity index is 0.935. The third-order valence-corrected chi connectivity index (χ3v) is 10.9. The van der Waals surface area contributed by atoms with Gasteiger partial charge in [-0.25, -0.2) is 0 Å². The third-order valence-electron chi connectivity index (χ3n) is 10.9. The molecule has 3 aromatic carbocycles. The molecule has 58 heavy (non-hydrogen) atoms. The minimum Gasteiger partial charge on any atom is -0.355 e. The SMILES string of the molecule is CNC(=O)c1cn(C)c2c(C(C)C)cc(-c3cccc4cc(-c5ccc(C(=O)NCCC#Cc6cccc7c6CN(C6CCC(=O)NC6=O)C7=O)nc5)ncc34)cc12. The summed E-state index contributed by atoms with van der Waals surface area (Å²) in [5.41, 5.74) is 8.56. The van der Waals surface area contributed by atoms with E-state index in [0.29, 0.717) is 36.1 Å². The van der Waals surface area contributed by atoms with Crippen LogP contribution in [-0.4, -0.2) is 68.6 Å². The lowest BCUT2D eigenvalue weighted by Gasteiger charge is -2.29. The minimum atomic E-state index is -0.693. The summed E-state index contributed by atoms with van der Waals surface area (Å²) in [6.07, 6.45) is 6.24. The number of hydrogen-bond donors (Lipinski definition) is 3. The van der Waals surface area contributed by atoms with Crippen molar-refractivity contribution in [1.82, 2.24) is 35.4 Å². The van der Waals surface area contributed by atoms with Crippen LogP contribution in [0.3, 0.4) is 0 Å². The van der Waals surface area contributed by atoms with Gasteiger partial charge in [0.1, 0.15) is 11.7 Å². The highest BCUT2D eigenvalue weighted by molar-refractivity contribution is 6.10. The number of fused-ring (bicyclic) bond motifs is 3. The highest BCUT2D eigenvalue weighted by atomic mass is 16.2. The molecule has 0 aliphatic carbocycles. The van der Waals surface area contributed by atoms with Gasteiger partial charge in [-0.15, -0.1) is 0 Å². The Hall–Kier alpha value is -7.13. The van der Waals surface area contributed by atoms with Crippen LogP contribution in [0.15, 0.2) is 85.3 Å². The molecular weight excluding hydrogens is 731 g/mol. The summed E-state index contributed by atoms with van der Waals surface area (Å²) in [5.74, 6) is 4.95. The van der Waals surface area contributed by atoms with Crippen LogP contribution in [0.2, 0.25) is 0 Å². The van der Waals surface area contributed by atoms with Gasteiger partial charge < -0.3 is 20.1 Å². The molecule has 6 aromatic rings. The largest absolute Gasteiger partial charge is 0.355 e. The van der Waals surface area contributed by atoms with Crippen molar-refractivity contribution in [2.75, 3.05) is 13.6 Å². The summed E-state index contributed by atoms with van der Waals surface area (Å²) >= 11 is 0. The number of carbonyl (C=O) groups excluding carboxylic acids is 5. The Morgan fingerprint density at radius 2 is 1.74 bits per heavy atom. The van der Waals surface area contributed by atoms with E-state index in [2.05, 4.69) is 64.8 Å². The molecule has 1 atom stereocenters. The first-order valence-corrected chi connectivity index (χ1v) is 19.3. The molecule has 3 N–H and O–H groups in total. The van der Waals surface area contributed by atoms with Crippen molar-refractivity contribution in [3.05, 3.63) is 119 Å². The number of nitrogens with zero attached hydrogens (tertiary/aromatic N) is 4. The number of hydrogen-bond acceptors (Lipinski definition) is 7. The van der Waals surface area contributed by atoms with E-state index >= 15 is 0 Å². The zero-order valence-electron chi connectivity index (χ0n) is 32.6. The lowest BCUT2D eigenvalue weighted by Crippen LogP contribution is -2.52. The van der Waals surface area contributed by atoms with Gasteiger partial charge in [-0.3, -0.25) is 39.3 Å². The molecule has 2 aliphatic heterocycles. The molecule has 12 heteroatoms. The maximum atomic E-state index is 13.1. The normalized spacial score (nSPS) is 15.0. The monoisotopic (exact) mass is 771 g/mol. The van der Waals surface area contributed by atoms with Gasteiger partial charge in [0, 0.05) is 86.1 Å². The van der Waals surface area contributed by atoms with Crippen LogP contribution in [0.4, 0.5) is 0 Å². The topological polar surface area (TPSA) is 155 Å². The Bertz CT molecular complexity index is 2760. The van der Waals surface area contributed by atoms with E-state index in [4.69, 9.17) is 4.98 Å². The number of pyridine rings is 2. The summed E-state index contributed by atoms with van der Waals surface area (Å²) in [7, 11) is 3.62. The van der Waals surface area contributed by atoms with Crippen LogP contribution in [0.5, 0.6) is 0 Å². The summed E-state index contributed by atoms with van der Waals surface area (Å²) in [6, 6.07) is 20.6. The lowest BCUT2D eigenvalue weighted by atomic mass is 9.91. The van der Waals surface area contributed by atoms with Crippen LogP contribution >= 0.6 is 0 Å². The van der Waals surface area contributed by atoms with E-state index in [1.54, 1.807) is 31.4 Å². The van der Waals surface area contributed by atoms with Gasteiger partial charge in [0.05, 0.1) is 16.8 Å². The molecule has 2 aliphatic rings. The number of aromatic nitrogens is 3. The van der Waals surface area contributed by atoms with Crippen LogP contribution < -0.4 is 16.0 Å². The molecule has 1 unspecified atom stereocenters. The number of nitrogens with one attached hydrogen (secondary N) is 3. The molecule has 8 rings (SSSR count). The quantitative estimate of drug-likeness (QED) is 0.0994. The van der Waals surface area contributed by atoms with Crippen LogP contribution in [0.25, 0.3) is 44.1 Å². The first kappa shape index (κ1) is 37.8. The van der Waals surface area contributed by atoms with Gasteiger partial charge in [-0.05, 0) is 82.4 Å². The number of carbonyl (C=O) groups is 5. The Morgan fingerprint density at radius 3 is 2.50 bits per heavy atom. The van der Waals surface area contributed by atoms with E-state index in [1.165, 1.54) is 4.90 Å². The smallest absolute Gasteiger partial charge is 0.269 e. The maximum Gasteiger partial charge on any atom is 0.269 e. The molecule has 1 fully saturated rings. The average Bonchev–Trinajstić information content (AvgIpc) is 3.75. The third kappa shape index (κ3) is 6.96. The van der Waals surface area contributed by atoms with Crippen molar-refractivity contribution < 1.29 is 24.0 Å². The molecule has 0 saturated carbocycles. The molecule has 12 nitrogen and oxygen atoms in total. The number of rotatable bonds is 8. The summed E-state index contributed by atoms with van der Waals surface area (Å²) < 4.78 is 2.03. The van der Waals surface area contributed by atoms with Crippen molar-refractivity contribution in [2.24, 2.45) is 7.05 Å². The van der Waals surface area contributed by atoms with E-state index in [9.17, 15) is 24.0 Å². The van der Waals surface area contributed by atoms with Gasteiger partial charge in [-0.1, -0.05) is 50.0 Å². The van der Waals surface area contributed by atoms with Crippen molar-refractivity contribution in [3.63, 3.8) is 0 Å². The van der Waals surface area contributed by atoms with Gasteiger partial charge in [0.25, 0.3) is 17.7 Å². The number of aryl methyl sites for hydroxylation is 1. The molecule has 0 radical (unpaired) electrons. The predicted octanol–water partition coefficient (Wildman–Crippen LogP) is 5.87. The zero-order chi connectivity index (χ0) is 40.7. The fourth-order valence-electron chi connectivity index (χ4n) is 7.95. The Morgan fingerprint density at radius 1 is 0.931 bits per heavy atom. The molecule has 0 spiro atoms. The predicted molar refractivity (Wildman–Crippen MR) is 221 cm³/mol. The van der Waals surface area contributed by atoms with E-state index in [0.717, 1.165) is 55.2 Å². The first-order chi connectivity index (χ1) is 28.0. The maximum absolute atomic E-state index is 13.1. The van der Waals surface area contributed by atoms with Crippen molar-refractivity contribution >= 4 is 51.2 Å². The standard InChI is InChI=1S/C46H41N7O5/c1-26(2)33-19-30(20-34-37(43(55)47-3)24-52(4)42(33)34)31-12-8-11-28-21-39(50-23-35(28)31)29-14-15-38(49-22-29)44(56)48-18-6-5-9-27-10-7-13-32-36(27)25-53(46(32)58)40-16-17-41(54)51-45(40)57/h7-8,10-15,19-24,26,40H,6,16-18,25H2,1-4H3,(H,47,55)(H,48,56)(H,51,54,57). The van der Waals surface area contributed by atoms with Crippen LogP contribution in [-0.2, 0) is 23.2 Å². The van der Waals surface area contributed by atoms with Gasteiger partial charge >= 0.3 is 0 Å². The minimum absolute atomic E-state index is 0.126. The van der Waals surface area contributed by atoms with Gasteiger partial charge in [0.15, 0.2) is 0 Å². The van der Waals surface area contributed by atoms with Gasteiger partial charge in [0.2, 0.25) is 11.8 Å². The Kier molecular flexibility index (Phi) is 10.0. The summed E-state index contributed by atoms with van der Waals surface area (Å²) in [5, 5.41) is 10.8. The summed E-state index contributed by atoms with van der Waals surface area (Å²) in [6.45, 7) is 4.85. The average molecular weight is 772 g/mol. The molecule has 5 amide bonds. The second-order valence-electron chi connectivity index (χ2n) is 14.9. The number of benzene rings is 3. The molecular formula is C46H41N7O5. The van der Waals surface area contributed by atoms with E-state index in [-0.39, 0.29) is 48.2 Å². The summed E-state index contributed by atoms with van der Waals surface area (Å²) in [4.78, 5) is 73.7. The number of imide groups is 1. The molecule has 1 saturated heterocycles. The highest BCUT2D eigenvalue weighted by Crippen LogP contribution is 2.37. The fourth-order valence-corrected chi connectivity index (χ4v) is 7.95. The van der Waals surface area contributed by atoms with Crippen LogP contribution in [0, 0.1) is 11.8 Å². The van der Waals surface area contributed by atoms with E-state index in [1.807, 2.05) is 54.3 Å². The Labute approximate surface area is 335 Å². The van der Waals surface area contributed by atoms with Crippen molar-refractivity contribution in [3.8, 4) is 34.2 Å². The fraction of sp³-hybridized carbons (Fsp3) is 0.239. The molecule has 5 heterocycles. The number of piperidine rings is 1. The van der Waals surface area contributed by atoms with Gasteiger partial charge in [-0.2, -0.15) is 0 Å². The van der Waals surface area contributed by atoms with E-state index < -0.39 is 11.9 Å². The molecule has 0 bridgehead atoms. The first-order valence-electron chi connectivity index (χ1n) is 19.3. The lowest BCUT2D eigenvalue weighted by molar-refractivity contribution is -0.136. The highest BCUT2D eigenvalue weighted by Gasteiger charge is 2.39. The van der Waals surface area contributed by atoms with Crippen LogP contribution in [0.1, 0.15) is 86.9 Å². The second kappa shape index (κ2) is 15.4. The molecule has 290 valence electrons. The second-order valence-corrected chi connectivity index (χ2v) is 14.9. The van der Waals surface area contributed by atoms with Crippen molar-refractivity contribution in [1.29, 1.82) is 0 Å².